The standard InChI is InChI=1S/C22H20N4O2/c1-2-14-8-6-7-11-17(14)25-20-16-12-18(15-9-4-3-5-10-15)26-21(16)24-13-19(20)28-22(23)27/h3-13H,2H2,1H3,(H2,23,27)(H2,24,25,26). The van der Waals surface area contributed by atoms with Crippen LogP contribution in [0.3, 0.4) is 0 Å². The molecule has 0 radical (unpaired) electrons. The molecule has 0 saturated heterocycles. The molecule has 0 saturated carbocycles. The molecular formula is C22H20N4O2. The smallest absolute Gasteiger partial charge is 0.407 e. The molecule has 2 heterocycles. The largest absolute Gasteiger partial charge is 0.410 e. The number of aromatic nitrogens is 2. The summed E-state index contributed by atoms with van der Waals surface area (Å²) in [6.45, 7) is 2.09. The number of primary amides is 1. The average molecular weight is 372 g/mol. The predicted octanol–water partition coefficient (Wildman–Crippen LogP) is 4.99. The maximum Gasteiger partial charge on any atom is 0.410 e. The number of carbonyl (C=O) groups excluding carboxylic acids is 1. The number of carbonyl (C=O) groups is 1. The Balaban J connectivity index is 1.87. The van der Waals surface area contributed by atoms with Gasteiger partial charge in [-0.3, -0.25) is 0 Å². The normalized spacial score (nSPS) is 10.8. The number of pyridine rings is 1. The minimum atomic E-state index is -0.883. The van der Waals surface area contributed by atoms with Crippen molar-refractivity contribution in [3.05, 3.63) is 72.4 Å². The minimum Gasteiger partial charge on any atom is -0.407 e. The summed E-state index contributed by atoms with van der Waals surface area (Å²) in [4.78, 5) is 19.1. The van der Waals surface area contributed by atoms with Crippen molar-refractivity contribution >= 4 is 28.5 Å². The fraction of sp³-hybridized carbons (Fsp3) is 0.0909. The van der Waals surface area contributed by atoms with Gasteiger partial charge in [-0.1, -0.05) is 55.5 Å². The maximum absolute atomic E-state index is 11.4. The first-order valence-corrected chi connectivity index (χ1v) is 9.05. The lowest BCUT2D eigenvalue weighted by Gasteiger charge is -2.14. The third-order valence-corrected chi connectivity index (χ3v) is 4.58. The predicted molar refractivity (Wildman–Crippen MR) is 111 cm³/mol. The SMILES string of the molecule is CCc1ccccc1Nc1c(OC(N)=O)cnc2[nH]c(-c3ccccc3)cc12. The zero-order valence-electron chi connectivity index (χ0n) is 15.4. The Hall–Kier alpha value is -3.80. The highest BCUT2D eigenvalue weighted by Crippen LogP contribution is 2.37. The topological polar surface area (TPSA) is 93.0 Å². The van der Waals surface area contributed by atoms with Gasteiger partial charge in [-0.2, -0.15) is 0 Å². The number of nitrogens with two attached hydrogens (primary N) is 1. The molecule has 0 aliphatic carbocycles. The van der Waals surface area contributed by atoms with Crippen LogP contribution in [0, 0.1) is 0 Å². The summed E-state index contributed by atoms with van der Waals surface area (Å²) in [6, 6.07) is 20.0. The zero-order valence-corrected chi connectivity index (χ0v) is 15.4. The highest BCUT2D eigenvalue weighted by atomic mass is 16.5. The van der Waals surface area contributed by atoms with E-state index in [1.165, 1.54) is 6.20 Å². The van der Waals surface area contributed by atoms with E-state index in [0.29, 0.717) is 11.3 Å². The van der Waals surface area contributed by atoms with Crippen LogP contribution in [0.5, 0.6) is 5.75 Å². The van der Waals surface area contributed by atoms with Gasteiger partial charge in [-0.05, 0) is 29.7 Å². The fourth-order valence-electron chi connectivity index (χ4n) is 3.23. The van der Waals surface area contributed by atoms with Gasteiger partial charge in [0, 0.05) is 16.8 Å². The van der Waals surface area contributed by atoms with Crippen molar-refractivity contribution in [2.75, 3.05) is 5.32 Å². The molecule has 6 nitrogen and oxygen atoms in total. The number of aryl methyl sites for hydroxylation is 1. The van der Waals surface area contributed by atoms with Gasteiger partial charge in [-0.15, -0.1) is 0 Å². The third-order valence-electron chi connectivity index (χ3n) is 4.58. The molecule has 0 atom stereocenters. The second-order valence-corrected chi connectivity index (χ2v) is 6.37. The Bertz CT molecular complexity index is 1140. The molecule has 0 spiro atoms. The number of nitrogens with one attached hydrogen (secondary N) is 2. The number of hydrogen-bond acceptors (Lipinski definition) is 4. The number of anilines is 2. The second-order valence-electron chi connectivity index (χ2n) is 6.37. The van der Waals surface area contributed by atoms with Crippen molar-refractivity contribution in [2.45, 2.75) is 13.3 Å². The number of benzene rings is 2. The Kier molecular flexibility index (Phi) is 4.68. The first kappa shape index (κ1) is 17.6. The Labute approximate surface area is 162 Å². The third kappa shape index (κ3) is 3.40. The molecule has 0 aliphatic rings. The highest BCUT2D eigenvalue weighted by Gasteiger charge is 2.16. The van der Waals surface area contributed by atoms with Crippen LogP contribution in [0.2, 0.25) is 0 Å². The molecule has 0 fully saturated rings. The minimum absolute atomic E-state index is 0.282. The number of aromatic amines is 1. The van der Waals surface area contributed by atoms with Crippen LogP contribution in [0.15, 0.2) is 66.9 Å². The highest BCUT2D eigenvalue weighted by molar-refractivity contribution is 5.98. The summed E-state index contributed by atoms with van der Waals surface area (Å²) in [5.41, 5.74) is 10.6. The lowest BCUT2D eigenvalue weighted by Crippen LogP contribution is -2.17. The molecule has 2 aromatic heterocycles. The van der Waals surface area contributed by atoms with E-state index < -0.39 is 6.09 Å². The number of ether oxygens (including phenoxy) is 1. The van der Waals surface area contributed by atoms with Gasteiger partial charge >= 0.3 is 6.09 Å². The van der Waals surface area contributed by atoms with Gasteiger partial charge in [0.15, 0.2) is 5.75 Å². The number of nitrogens with zero attached hydrogens (tertiary/aromatic N) is 1. The van der Waals surface area contributed by atoms with Crippen LogP contribution in [-0.2, 0) is 6.42 Å². The van der Waals surface area contributed by atoms with E-state index in [0.717, 1.165) is 34.3 Å². The van der Waals surface area contributed by atoms with Crippen molar-refractivity contribution < 1.29 is 9.53 Å². The number of rotatable bonds is 5. The van der Waals surface area contributed by atoms with Gasteiger partial charge in [0.1, 0.15) is 5.65 Å². The van der Waals surface area contributed by atoms with Crippen LogP contribution >= 0.6 is 0 Å². The van der Waals surface area contributed by atoms with E-state index in [1.54, 1.807) is 0 Å². The molecule has 0 unspecified atom stereocenters. The summed E-state index contributed by atoms with van der Waals surface area (Å²) in [7, 11) is 0. The molecule has 1 amide bonds. The van der Waals surface area contributed by atoms with Gasteiger partial charge < -0.3 is 20.8 Å². The first-order valence-electron chi connectivity index (χ1n) is 9.05. The molecule has 4 aromatic rings. The summed E-state index contributed by atoms with van der Waals surface area (Å²) < 4.78 is 5.21. The molecule has 2 aromatic carbocycles. The fourth-order valence-corrected chi connectivity index (χ4v) is 3.23. The Morgan fingerprint density at radius 1 is 1.14 bits per heavy atom. The molecule has 28 heavy (non-hydrogen) atoms. The molecule has 0 aliphatic heterocycles. The van der Waals surface area contributed by atoms with Crippen molar-refractivity contribution in [3.63, 3.8) is 0 Å². The van der Waals surface area contributed by atoms with Crippen molar-refractivity contribution in [1.29, 1.82) is 0 Å². The van der Waals surface area contributed by atoms with E-state index in [-0.39, 0.29) is 5.75 Å². The zero-order chi connectivity index (χ0) is 19.5. The molecule has 6 heteroatoms. The van der Waals surface area contributed by atoms with E-state index >= 15 is 0 Å². The van der Waals surface area contributed by atoms with E-state index in [2.05, 4.69) is 28.3 Å². The van der Waals surface area contributed by atoms with E-state index in [1.807, 2.05) is 54.6 Å². The molecule has 4 rings (SSSR count). The monoisotopic (exact) mass is 372 g/mol. The van der Waals surface area contributed by atoms with Crippen LogP contribution in [-0.4, -0.2) is 16.1 Å². The number of hydrogen-bond donors (Lipinski definition) is 3. The summed E-state index contributed by atoms with van der Waals surface area (Å²) in [6.07, 6.45) is 1.48. The number of para-hydroxylation sites is 1. The quantitative estimate of drug-likeness (QED) is 0.460. The number of amides is 1. The molecule has 140 valence electrons. The maximum atomic E-state index is 11.4. The number of H-pyrrole nitrogens is 1. The first-order chi connectivity index (χ1) is 13.7. The summed E-state index contributed by atoms with van der Waals surface area (Å²) >= 11 is 0. The lowest BCUT2D eigenvalue weighted by atomic mass is 10.1. The summed E-state index contributed by atoms with van der Waals surface area (Å²) in [5, 5.41) is 4.22. The van der Waals surface area contributed by atoms with Gasteiger partial charge in [0.25, 0.3) is 0 Å². The van der Waals surface area contributed by atoms with Crippen LogP contribution in [0.4, 0.5) is 16.2 Å². The lowest BCUT2D eigenvalue weighted by molar-refractivity contribution is 0.211. The Morgan fingerprint density at radius 3 is 2.64 bits per heavy atom. The summed E-state index contributed by atoms with van der Waals surface area (Å²) in [5.74, 6) is 0.282. The van der Waals surface area contributed by atoms with Crippen LogP contribution in [0.25, 0.3) is 22.3 Å². The van der Waals surface area contributed by atoms with Crippen molar-refractivity contribution in [1.82, 2.24) is 9.97 Å². The number of fused-ring (bicyclic) bond motifs is 1. The van der Waals surface area contributed by atoms with Crippen molar-refractivity contribution in [2.24, 2.45) is 5.73 Å². The molecule has 4 N–H and O–H groups in total. The van der Waals surface area contributed by atoms with E-state index in [9.17, 15) is 4.79 Å². The van der Waals surface area contributed by atoms with Crippen LogP contribution < -0.4 is 15.8 Å². The molecular weight excluding hydrogens is 352 g/mol. The second kappa shape index (κ2) is 7.44. The van der Waals surface area contributed by atoms with Crippen LogP contribution in [0.1, 0.15) is 12.5 Å². The van der Waals surface area contributed by atoms with Crippen molar-refractivity contribution in [3.8, 4) is 17.0 Å². The molecule has 0 bridgehead atoms. The Morgan fingerprint density at radius 2 is 1.89 bits per heavy atom. The average Bonchev–Trinajstić information content (AvgIpc) is 3.15. The van der Waals surface area contributed by atoms with E-state index in [4.69, 9.17) is 10.5 Å². The van der Waals surface area contributed by atoms with Gasteiger partial charge in [0.05, 0.1) is 11.9 Å². The van der Waals surface area contributed by atoms with Gasteiger partial charge in [-0.25, -0.2) is 9.78 Å². The van der Waals surface area contributed by atoms with Gasteiger partial charge in [0.2, 0.25) is 0 Å².